The highest BCUT2D eigenvalue weighted by molar-refractivity contribution is 7.22. The summed E-state index contributed by atoms with van der Waals surface area (Å²) in [6, 6.07) is 9.33. The molecule has 0 aliphatic heterocycles. The van der Waals surface area contributed by atoms with Crippen molar-refractivity contribution in [2.45, 2.75) is 33.8 Å². The maximum atomic E-state index is 11.6. The molecule has 2 aromatic carbocycles. The van der Waals surface area contributed by atoms with Gasteiger partial charge in [0.1, 0.15) is 11.3 Å². The van der Waals surface area contributed by atoms with E-state index in [2.05, 4.69) is 36.3 Å². The third kappa shape index (κ3) is 3.88. The Bertz CT molecular complexity index is 1210. The van der Waals surface area contributed by atoms with E-state index in [-0.39, 0.29) is 18.5 Å². The summed E-state index contributed by atoms with van der Waals surface area (Å²) in [6.45, 7) is 8.08. The van der Waals surface area contributed by atoms with Crippen molar-refractivity contribution in [2.75, 3.05) is 5.32 Å². The molecule has 0 spiro atoms. The lowest BCUT2D eigenvalue weighted by Gasteiger charge is -2.15. The molecule has 6 nitrogen and oxygen atoms in total. The number of benzene rings is 2. The molecule has 0 bridgehead atoms. The van der Waals surface area contributed by atoms with Crippen LogP contribution in [0.1, 0.15) is 35.5 Å². The minimum Gasteiger partial charge on any atom is -0.489 e. The zero-order chi connectivity index (χ0) is 20.0. The van der Waals surface area contributed by atoms with Gasteiger partial charge in [-0.2, -0.15) is 0 Å². The Labute approximate surface area is 178 Å². The van der Waals surface area contributed by atoms with Crippen LogP contribution in [-0.2, 0) is 0 Å². The molecule has 0 aliphatic rings. The van der Waals surface area contributed by atoms with Gasteiger partial charge in [0.2, 0.25) is 5.91 Å². The van der Waals surface area contributed by atoms with Crippen molar-refractivity contribution in [3.8, 4) is 5.75 Å². The van der Waals surface area contributed by atoms with Gasteiger partial charge in [-0.15, -0.1) is 12.4 Å². The number of nitrogens with two attached hydrogens (primary N) is 1. The fourth-order valence-electron chi connectivity index (χ4n) is 3.22. The van der Waals surface area contributed by atoms with Gasteiger partial charge in [0.15, 0.2) is 5.13 Å². The summed E-state index contributed by atoms with van der Waals surface area (Å²) in [4.78, 5) is 19.8. The highest BCUT2D eigenvalue weighted by Gasteiger charge is 2.15. The van der Waals surface area contributed by atoms with Crippen molar-refractivity contribution >= 4 is 61.6 Å². The first-order valence-corrected chi connectivity index (χ1v) is 9.91. The molecule has 4 aromatic rings. The van der Waals surface area contributed by atoms with Crippen LogP contribution in [0.2, 0.25) is 0 Å². The van der Waals surface area contributed by atoms with E-state index in [1.807, 2.05) is 13.8 Å². The number of fused-ring (bicyclic) bond motifs is 3. The molecule has 0 radical (unpaired) electrons. The lowest BCUT2D eigenvalue weighted by Crippen LogP contribution is -2.12. The van der Waals surface area contributed by atoms with Crippen molar-refractivity contribution in [2.24, 2.45) is 5.73 Å². The second kappa shape index (κ2) is 7.93. The van der Waals surface area contributed by atoms with E-state index in [0.29, 0.717) is 17.0 Å². The van der Waals surface area contributed by atoms with Gasteiger partial charge in [-0.25, -0.2) is 4.98 Å². The summed E-state index contributed by atoms with van der Waals surface area (Å²) in [5, 5.41) is 5.22. The van der Waals surface area contributed by atoms with Gasteiger partial charge >= 0.3 is 0 Å². The van der Waals surface area contributed by atoms with Crippen molar-refractivity contribution in [1.82, 2.24) is 9.97 Å². The number of anilines is 2. The van der Waals surface area contributed by atoms with Gasteiger partial charge in [0.25, 0.3) is 0 Å². The van der Waals surface area contributed by atoms with Crippen LogP contribution < -0.4 is 15.8 Å². The first-order chi connectivity index (χ1) is 13.3. The van der Waals surface area contributed by atoms with Gasteiger partial charge in [-0.3, -0.25) is 4.79 Å². The number of aryl methyl sites for hydroxylation is 2. The van der Waals surface area contributed by atoms with E-state index in [1.54, 1.807) is 29.5 Å². The summed E-state index contributed by atoms with van der Waals surface area (Å²) in [5.41, 5.74) is 10.9. The van der Waals surface area contributed by atoms with Crippen molar-refractivity contribution in [1.29, 1.82) is 0 Å². The maximum Gasteiger partial charge on any atom is 0.248 e. The highest BCUT2D eigenvalue weighted by Crippen LogP contribution is 2.36. The molecule has 1 amide bonds. The standard InChI is InChI=1S/C21H22N4O2S.ClH/c1-10(2)27-16-7-5-13(20(22)26)9-15(16)24-21-25-19-17(28-21)8-6-14-11(3)12(4)23-18(14)19;/h5-10,23H,1-4H3,(H2,22,26)(H,24,25);1H. The molecule has 0 unspecified atom stereocenters. The summed E-state index contributed by atoms with van der Waals surface area (Å²) in [6.07, 6.45) is -0.000149. The Morgan fingerprint density at radius 1 is 1.24 bits per heavy atom. The molecule has 0 saturated carbocycles. The SMILES string of the molecule is Cc1[nH]c2c(ccc3sc(Nc4cc(C(N)=O)ccc4OC(C)C)nc32)c1C.Cl. The molecule has 0 aliphatic carbocycles. The van der Waals surface area contributed by atoms with E-state index < -0.39 is 5.91 Å². The fraction of sp³-hybridized carbons (Fsp3) is 0.238. The molecule has 0 atom stereocenters. The number of ether oxygens (including phenoxy) is 1. The first-order valence-electron chi connectivity index (χ1n) is 9.09. The second-order valence-electron chi connectivity index (χ2n) is 7.10. The Balaban J connectivity index is 0.00000240. The van der Waals surface area contributed by atoms with Crippen molar-refractivity contribution < 1.29 is 9.53 Å². The van der Waals surface area contributed by atoms with Crippen LogP contribution >= 0.6 is 23.7 Å². The quantitative estimate of drug-likeness (QED) is 0.392. The molecule has 0 saturated heterocycles. The topological polar surface area (TPSA) is 93.0 Å². The third-order valence-electron chi connectivity index (χ3n) is 4.71. The maximum absolute atomic E-state index is 11.6. The Morgan fingerprint density at radius 2 is 2.00 bits per heavy atom. The predicted octanol–water partition coefficient (Wildman–Crippen LogP) is 5.45. The van der Waals surface area contributed by atoms with Gasteiger partial charge in [0.05, 0.1) is 22.0 Å². The zero-order valence-electron chi connectivity index (χ0n) is 16.6. The number of primary amides is 1. The van der Waals surface area contributed by atoms with E-state index >= 15 is 0 Å². The number of carbonyl (C=O) groups is 1. The van der Waals surface area contributed by atoms with Gasteiger partial charge in [0, 0.05) is 16.6 Å². The summed E-state index contributed by atoms with van der Waals surface area (Å²) in [5.74, 6) is 0.165. The third-order valence-corrected chi connectivity index (χ3v) is 5.64. The number of aromatic amines is 1. The van der Waals surface area contributed by atoms with Crippen LogP contribution in [0, 0.1) is 13.8 Å². The number of thiazole rings is 1. The molecular formula is C21H23ClN4O2S. The monoisotopic (exact) mass is 430 g/mol. The number of rotatable bonds is 5. The predicted molar refractivity (Wildman–Crippen MR) is 122 cm³/mol. The normalized spacial score (nSPS) is 11.1. The van der Waals surface area contributed by atoms with Crippen LogP contribution in [0.25, 0.3) is 21.1 Å². The zero-order valence-corrected chi connectivity index (χ0v) is 18.3. The number of aromatic nitrogens is 2. The minimum atomic E-state index is -0.484. The van der Waals surface area contributed by atoms with Crippen LogP contribution in [0.5, 0.6) is 5.75 Å². The summed E-state index contributed by atoms with van der Waals surface area (Å²) < 4.78 is 6.95. The average molecular weight is 431 g/mol. The Morgan fingerprint density at radius 3 is 2.69 bits per heavy atom. The lowest BCUT2D eigenvalue weighted by atomic mass is 10.1. The number of nitrogens with zero attached hydrogens (tertiary/aromatic N) is 1. The average Bonchev–Trinajstić information content (AvgIpc) is 3.17. The molecule has 0 fully saturated rings. The van der Waals surface area contributed by atoms with E-state index in [4.69, 9.17) is 15.5 Å². The molecular weight excluding hydrogens is 408 g/mol. The van der Waals surface area contributed by atoms with Gasteiger partial charge in [-0.1, -0.05) is 17.4 Å². The minimum absolute atomic E-state index is 0. The highest BCUT2D eigenvalue weighted by atomic mass is 35.5. The number of halogens is 1. The van der Waals surface area contributed by atoms with Crippen molar-refractivity contribution in [3.63, 3.8) is 0 Å². The molecule has 4 rings (SSSR count). The van der Waals surface area contributed by atoms with E-state index in [1.165, 1.54) is 10.9 Å². The number of amides is 1. The molecule has 8 heteroatoms. The first kappa shape index (κ1) is 21.0. The number of hydrogen-bond acceptors (Lipinski definition) is 5. The van der Waals surface area contributed by atoms with Crippen LogP contribution in [0.15, 0.2) is 30.3 Å². The number of nitrogens with one attached hydrogen (secondary N) is 2. The molecule has 29 heavy (non-hydrogen) atoms. The largest absolute Gasteiger partial charge is 0.489 e. The van der Waals surface area contributed by atoms with Gasteiger partial charge < -0.3 is 20.8 Å². The van der Waals surface area contributed by atoms with Gasteiger partial charge in [-0.05, 0) is 57.5 Å². The number of hydrogen-bond donors (Lipinski definition) is 3. The lowest BCUT2D eigenvalue weighted by molar-refractivity contribution is 0.100. The molecule has 4 N–H and O–H groups in total. The fourth-order valence-corrected chi connectivity index (χ4v) is 4.11. The van der Waals surface area contributed by atoms with Crippen LogP contribution in [-0.4, -0.2) is 22.0 Å². The molecule has 2 aromatic heterocycles. The van der Waals surface area contributed by atoms with E-state index in [9.17, 15) is 4.79 Å². The summed E-state index contributed by atoms with van der Waals surface area (Å²) in [7, 11) is 0. The van der Waals surface area contributed by atoms with Crippen molar-refractivity contribution in [3.05, 3.63) is 47.2 Å². The van der Waals surface area contributed by atoms with E-state index in [0.717, 1.165) is 26.6 Å². The van der Waals surface area contributed by atoms with Crippen LogP contribution in [0.3, 0.4) is 0 Å². The molecule has 152 valence electrons. The smallest absolute Gasteiger partial charge is 0.248 e. The van der Waals surface area contributed by atoms with Crippen LogP contribution in [0.4, 0.5) is 10.8 Å². The summed E-state index contributed by atoms with van der Waals surface area (Å²) >= 11 is 1.55. The Kier molecular flexibility index (Phi) is 5.73. The molecule has 2 heterocycles. The Hall–Kier alpha value is -2.77. The second-order valence-corrected chi connectivity index (χ2v) is 8.13. The number of carbonyl (C=O) groups excluding carboxylic acids is 1. The number of H-pyrrole nitrogens is 1.